The Morgan fingerprint density at radius 2 is 1.90 bits per heavy atom. The third-order valence-electron chi connectivity index (χ3n) is 3.78. The number of hydrogen-bond acceptors (Lipinski definition) is 2. The molecule has 0 aliphatic heterocycles. The Kier molecular flexibility index (Phi) is 5.59. The van der Waals surface area contributed by atoms with Gasteiger partial charge in [-0.3, -0.25) is 4.68 Å². The van der Waals surface area contributed by atoms with Crippen molar-refractivity contribution in [3.8, 4) is 0 Å². The van der Waals surface area contributed by atoms with Crippen LogP contribution in [0.15, 0.2) is 28.9 Å². The maximum Gasteiger partial charge on any atom is 0.0764 e. The molecule has 1 atom stereocenters. The Labute approximate surface area is 135 Å². The summed E-state index contributed by atoms with van der Waals surface area (Å²) >= 11 is 3.68. The summed E-state index contributed by atoms with van der Waals surface area (Å²) in [6.45, 7) is 10.5. The lowest BCUT2D eigenvalue weighted by Gasteiger charge is -2.24. The van der Waals surface area contributed by atoms with Gasteiger partial charge in [0, 0.05) is 6.54 Å². The molecule has 1 heterocycles. The van der Waals surface area contributed by atoms with Crippen LogP contribution in [0.3, 0.4) is 0 Å². The van der Waals surface area contributed by atoms with E-state index in [1.807, 2.05) is 6.20 Å². The molecule has 21 heavy (non-hydrogen) atoms. The van der Waals surface area contributed by atoms with Gasteiger partial charge in [-0.25, -0.2) is 0 Å². The molecule has 4 heteroatoms. The molecule has 114 valence electrons. The molecule has 0 aliphatic rings. The molecule has 0 aliphatic carbocycles. The highest BCUT2D eigenvalue weighted by Gasteiger charge is 2.23. The molecule has 1 aromatic carbocycles. The minimum absolute atomic E-state index is 0.166. The van der Waals surface area contributed by atoms with E-state index in [1.165, 1.54) is 22.4 Å². The topological polar surface area (TPSA) is 29.9 Å². The van der Waals surface area contributed by atoms with Gasteiger partial charge in [0.15, 0.2) is 0 Å². The monoisotopic (exact) mass is 349 g/mol. The van der Waals surface area contributed by atoms with Crippen molar-refractivity contribution in [2.75, 3.05) is 6.54 Å². The molecule has 1 N–H and O–H groups in total. The van der Waals surface area contributed by atoms with Crippen LogP contribution in [0.25, 0.3) is 0 Å². The molecule has 1 aromatic heterocycles. The van der Waals surface area contributed by atoms with Crippen LogP contribution in [0.2, 0.25) is 0 Å². The van der Waals surface area contributed by atoms with Crippen LogP contribution in [-0.4, -0.2) is 16.3 Å². The smallest absolute Gasteiger partial charge is 0.0764 e. The largest absolute Gasteiger partial charge is 0.305 e. The predicted molar refractivity (Wildman–Crippen MR) is 91.7 cm³/mol. The number of aryl methyl sites for hydroxylation is 3. The number of nitrogens with zero attached hydrogens (tertiary/aromatic N) is 2. The fourth-order valence-electron chi connectivity index (χ4n) is 2.87. The zero-order chi connectivity index (χ0) is 15.4. The molecule has 0 saturated carbocycles. The quantitative estimate of drug-likeness (QED) is 0.838. The van der Waals surface area contributed by atoms with Gasteiger partial charge in [0.2, 0.25) is 0 Å². The van der Waals surface area contributed by atoms with Gasteiger partial charge >= 0.3 is 0 Å². The van der Waals surface area contributed by atoms with Crippen molar-refractivity contribution in [1.29, 1.82) is 0 Å². The van der Waals surface area contributed by atoms with E-state index in [9.17, 15) is 0 Å². The second-order valence-corrected chi connectivity index (χ2v) is 6.25. The third kappa shape index (κ3) is 3.38. The summed E-state index contributed by atoms with van der Waals surface area (Å²) in [6, 6.07) is 6.65. The van der Waals surface area contributed by atoms with E-state index >= 15 is 0 Å². The fraction of sp³-hybridized carbons (Fsp3) is 0.471. The molecule has 0 amide bonds. The number of aromatic nitrogens is 2. The van der Waals surface area contributed by atoms with Crippen molar-refractivity contribution in [3.05, 3.63) is 51.3 Å². The van der Waals surface area contributed by atoms with Gasteiger partial charge in [-0.05, 0) is 59.4 Å². The Bertz CT molecular complexity index is 584. The van der Waals surface area contributed by atoms with E-state index in [0.29, 0.717) is 0 Å². The van der Waals surface area contributed by atoms with Crippen molar-refractivity contribution in [2.24, 2.45) is 0 Å². The second kappa shape index (κ2) is 7.23. The number of nitrogens with one attached hydrogen (secondary N) is 1. The molecule has 0 bridgehead atoms. The van der Waals surface area contributed by atoms with Crippen LogP contribution >= 0.6 is 15.9 Å². The van der Waals surface area contributed by atoms with Crippen LogP contribution in [0.4, 0.5) is 0 Å². The normalized spacial score (nSPS) is 12.6. The second-order valence-electron chi connectivity index (χ2n) is 5.40. The summed E-state index contributed by atoms with van der Waals surface area (Å²) in [4.78, 5) is 0. The molecular formula is C17H24BrN3. The van der Waals surface area contributed by atoms with E-state index in [2.05, 4.69) is 76.9 Å². The summed E-state index contributed by atoms with van der Waals surface area (Å²) in [5, 5.41) is 8.16. The lowest BCUT2D eigenvalue weighted by atomic mass is 9.94. The average Bonchev–Trinajstić information content (AvgIpc) is 2.79. The summed E-state index contributed by atoms with van der Waals surface area (Å²) in [5.74, 6) is 0. The van der Waals surface area contributed by atoms with Crippen molar-refractivity contribution in [1.82, 2.24) is 15.1 Å². The number of halogens is 1. The SMILES string of the molecule is CCCn1ncc(Br)c1C(NCC)c1c(C)cccc1C. The standard InChI is InChI=1S/C17H24BrN3/c1-5-10-21-17(14(18)11-20-21)16(19-6-2)15-12(3)8-7-9-13(15)4/h7-9,11,16,19H,5-6,10H2,1-4H3. The lowest BCUT2D eigenvalue weighted by Crippen LogP contribution is -2.26. The highest BCUT2D eigenvalue weighted by molar-refractivity contribution is 9.10. The number of rotatable bonds is 6. The number of hydrogen-bond donors (Lipinski definition) is 1. The Morgan fingerprint density at radius 1 is 1.24 bits per heavy atom. The lowest BCUT2D eigenvalue weighted by molar-refractivity contribution is 0.517. The van der Waals surface area contributed by atoms with Crippen LogP contribution in [0.1, 0.15) is 48.7 Å². The van der Waals surface area contributed by atoms with Gasteiger partial charge in [-0.1, -0.05) is 32.0 Å². The maximum absolute atomic E-state index is 4.52. The first-order valence-corrected chi connectivity index (χ1v) is 8.40. The minimum atomic E-state index is 0.166. The van der Waals surface area contributed by atoms with Gasteiger partial charge in [0.1, 0.15) is 0 Å². The van der Waals surface area contributed by atoms with Gasteiger partial charge in [0.25, 0.3) is 0 Å². The van der Waals surface area contributed by atoms with Crippen LogP contribution in [0.5, 0.6) is 0 Å². The highest BCUT2D eigenvalue weighted by Crippen LogP contribution is 2.32. The van der Waals surface area contributed by atoms with Crippen molar-refractivity contribution < 1.29 is 0 Å². The summed E-state index contributed by atoms with van der Waals surface area (Å²) < 4.78 is 3.19. The van der Waals surface area contributed by atoms with E-state index in [1.54, 1.807) is 0 Å². The van der Waals surface area contributed by atoms with Crippen molar-refractivity contribution >= 4 is 15.9 Å². The van der Waals surface area contributed by atoms with E-state index in [0.717, 1.165) is 24.0 Å². The maximum atomic E-state index is 4.52. The molecular weight excluding hydrogens is 326 g/mol. The Hall–Kier alpha value is -1.13. The van der Waals surface area contributed by atoms with Gasteiger partial charge < -0.3 is 5.32 Å². The van der Waals surface area contributed by atoms with E-state index in [-0.39, 0.29) is 6.04 Å². The summed E-state index contributed by atoms with van der Waals surface area (Å²) in [7, 11) is 0. The molecule has 2 aromatic rings. The van der Waals surface area contributed by atoms with Crippen molar-refractivity contribution in [2.45, 2.75) is 46.7 Å². The summed E-state index contributed by atoms with van der Waals surface area (Å²) in [6.07, 6.45) is 2.98. The molecule has 3 nitrogen and oxygen atoms in total. The van der Waals surface area contributed by atoms with Crippen LogP contribution in [0, 0.1) is 13.8 Å². The van der Waals surface area contributed by atoms with Crippen LogP contribution < -0.4 is 5.32 Å². The first kappa shape index (κ1) is 16.2. The molecule has 0 saturated heterocycles. The molecule has 0 radical (unpaired) electrons. The van der Waals surface area contributed by atoms with Gasteiger partial charge in [-0.15, -0.1) is 0 Å². The Morgan fingerprint density at radius 3 is 2.48 bits per heavy atom. The Balaban J connectivity index is 2.56. The van der Waals surface area contributed by atoms with Crippen LogP contribution in [-0.2, 0) is 6.54 Å². The summed E-state index contributed by atoms with van der Waals surface area (Å²) in [5.41, 5.74) is 5.21. The zero-order valence-electron chi connectivity index (χ0n) is 13.3. The highest BCUT2D eigenvalue weighted by atomic mass is 79.9. The van der Waals surface area contributed by atoms with Crippen molar-refractivity contribution in [3.63, 3.8) is 0 Å². The first-order chi connectivity index (χ1) is 10.1. The van der Waals surface area contributed by atoms with E-state index in [4.69, 9.17) is 0 Å². The minimum Gasteiger partial charge on any atom is -0.305 e. The third-order valence-corrected chi connectivity index (χ3v) is 4.39. The predicted octanol–water partition coefficient (Wildman–Crippen LogP) is 4.37. The van der Waals surface area contributed by atoms with Gasteiger partial charge in [-0.2, -0.15) is 5.10 Å². The first-order valence-electron chi connectivity index (χ1n) is 7.60. The fourth-order valence-corrected chi connectivity index (χ4v) is 3.40. The molecule has 0 fully saturated rings. The molecule has 2 rings (SSSR count). The van der Waals surface area contributed by atoms with E-state index < -0.39 is 0 Å². The molecule has 0 spiro atoms. The average molecular weight is 350 g/mol. The number of benzene rings is 1. The molecule has 1 unspecified atom stereocenters. The zero-order valence-corrected chi connectivity index (χ0v) is 14.9. The van der Waals surface area contributed by atoms with Gasteiger partial charge in [0.05, 0.1) is 22.4 Å².